The third-order valence-corrected chi connectivity index (χ3v) is 5.33. The molecule has 0 aromatic heterocycles. The van der Waals surface area contributed by atoms with Crippen molar-refractivity contribution in [3.8, 4) is 11.5 Å². The molecular formula is C25H24O8. The zero-order valence-corrected chi connectivity index (χ0v) is 18.0. The summed E-state index contributed by atoms with van der Waals surface area (Å²) in [5.41, 5.74) is 1.58. The molecule has 4 atom stereocenters. The lowest BCUT2D eigenvalue weighted by Gasteiger charge is -2.16. The molecule has 4 unspecified atom stereocenters. The summed E-state index contributed by atoms with van der Waals surface area (Å²) in [5.74, 6) is -0.174. The molecule has 2 aliphatic heterocycles. The zero-order chi connectivity index (χ0) is 23.2. The number of hydrogen-bond acceptors (Lipinski definition) is 8. The minimum absolute atomic E-state index is 0.147. The smallest absolute Gasteiger partial charge is 0.331 e. The third-order valence-electron chi connectivity index (χ3n) is 5.33. The number of fused-ring (bicyclic) bond motifs is 1. The molecule has 1 N–H and O–H groups in total. The Morgan fingerprint density at radius 2 is 1.27 bits per heavy atom. The lowest BCUT2D eigenvalue weighted by atomic mass is 10.1. The highest BCUT2D eigenvalue weighted by Gasteiger charge is 2.50. The van der Waals surface area contributed by atoms with Crippen molar-refractivity contribution in [2.45, 2.75) is 24.4 Å². The van der Waals surface area contributed by atoms with Gasteiger partial charge in [-0.15, -0.1) is 0 Å². The fraction of sp³-hybridized carbons (Fsp3) is 0.280. The molecule has 2 heterocycles. The number of rotatable bonds is 7. The Bertz CT molecular complexity index is 1030. The van der Waals surface area contributed by atoms with Crippen LogP contribution in [0.4, 0.5) is 0 Å². The minimum atomic E-state index is -0.592. The molecule has 8 heteroatoms. The first-order valence-electron chi connectivity index (χ1n) is 10.5. The van der Waals surface area contributed by atoms with Crippen LogP contribution >= 0.6 is 0 Å². The molecule has 2 aromatic carbocycles. The number of carbonyl (C=O) groups excluding carboxylic acids is 2. The van der Waals surface area contributed by atoms with Gasteiger partial charge in [-0.25, -0.2) is 9.59 Å². The molecule has 33 heavy (non-hydrogen) atoms. The molecule has 8 nitrogen and oxygen atoms in total. The van der Waals surface area contributed by atoms with Gasteiger partial charge in [-0.3, -0.25) is 0 Å². The van der Waals surface area contributed by atoms with Crippen molar-refractivity contribution >= 4 is 24.1 Å². The largest absolute Gasteiger partial charge is 0.508 e. The van der Waals surface area contributed by atoms with Crippen molar-refractivity contribution in [1.82, 2.24) is 0 Å². The first kappa shape index (κ1) is 22.6. The van der Waals surface area contributed by atoms with E-state index in [0.29, 0.717) is 0 Å². The molecule has 2 aliphatic rings. The van der Waals surface area contributed by atoms with Crippen LogP contribution in [0.5, 0.6) is 11.5 Å². The first-order chi connectivity index (χ1) is 16.0. The molecule has 0 amide bonds. The standard InChI is InChI=1S/C25H24O8/c1-29-19-10-4-17(5-11-19)7-13-23(28)33-21-15-31-24-20(14-30-25(21)24)32-22(27)12-6-16-2-8-18(26)9-3-16/h2-13,20-21,24-26H,14-15H2,1H3/b12-6+,13-7+. The van der Waals surface area contributed by atoms with E-state index in [0.717, 1.165) is 16.9 Å². The van der Waals surface area contributed by atoms with Gasteiger partial charge in [-0.1, -0.05) is 24.3 Å². The van der Waals surface area contributed by atoms with Gasteiger partial charge in [0.25, 0.3) is 0 Å². The Balaban J connectivity index is 1.26. The number of methoxy groups -OCH3 is 1. The van der Waals surface area contributed by atoms with Crippen molar-refractivity contribution in [2.24, 2.45) is 0 Å². The van der Waals surface area contributed by atoms with Crippen molar-refractivity contribution in [3.63, 3.8) is 0 Å². The van der Waals surface area contributed by atoms with E-state index in [1.807, 2.05) is 12.1 Å². The molecule has 0 radical (unpaired) electrons. The monoisotopic (exact) mass is 452 g/mol. The third kappa shape index (κ3) is 5.79. The Morgan fingerprint density at radius 3 is 1.73 bits per heavy atom. The van der Waals surface area contributed by atoms with Gasteiger partial charge in [0.15, 0.2) is 12.2 Å². The molecule has 4 rings (SSSR count). The number of aromatic hydroxyl groups is 1. The van der Waals surface area contributed by atoms with Crippen LogP contribution in [0.3, 0.4) is 0 Å². The van der Waals surface area contributed by atoms with E-state index in [4.69, 9.17) is 23.7 Å². The molecule has 0 bridgehead atoms. The van der Waals surface area contributed by atoms with Gasteiger partial charge in [0.2, 0.25) is 0 Å². The van der Waals surface area contributed by atoms with Crippen LogP contribution < -0.4 is 4.74 Å². The number of benzene rings is 2. The van der Waals surface area contributed by atoms with Crippen molar-refractivity contribution in [3.05, 3.63) is 71.8 Å². The van der Waals surface area contributed by atoms with E-state index >= 15 is 0 Å². The molecule has 0 aliphatic carbocycles. The molecule has 2 aromatic rings. The average Bonchev–Trinajstić information content (AvgIpc) is 3.41. The Kier molecular flexibility index (Phi) is 7.07. The van der Waals surface area contributed by atoms with Crippen molar-refractivity contribution in [2.75, 3.05) is 20.3 Å². The number of hydrogen-bond donors (Lipinski definition) is 1. The first-order valence-corrected chi connectivity index (χ1v) is 10.5. The van der Waals surface area contributed by atoms with Gasteiger partial charge in [-0.2, -0.15) is 0 Å². The maximum absolute atomic E-state index is 12.2. The van der Waals surface area contributed by atoms with E-state index in [1.165, 1.54) is 24.3 Å². The molecule has 172 valence electrons. The second kappa shape index (κ2) is 10.3. The summed E-state index contributed by atoms with van der Waals surface area (Å²) >= 11 is 0. The van der Waals surface area contributed by atoms with Crippen LogP contribution in [0.15, 0.2) is 60.7 Å². The highest BCUT2D eigenvalue weighted by Crippen LogP contribution is 2.31. The fourth-order valence-corrected chi connectivity index (χ4v) is 3.64. The van der Waals surface area contributed by atoms with Crippen molar-refractivity contribution in [1.29, 1.82) is 0 Å². The predicted molar refractivity (Wildman–Crippen MR) is 118 cm³/mol. The van der Waals surface area contributed by atoms with Gasteiger partial charge >= 0.3 is 11.9 Å². The van der Waals surface area contributed by atoms with Crippen molar-refractivity contribution < 1.29 is 38.4 Å². The van der Waals surface area contributed by atoms with Gasteiger partial charge in [-0.05, 0) is 47.5 Å². The van der Waals surface area contributed by atoms with Gasteiger partial charge in [0, 0.05) is 12.2 Å². The molecule has 0 spiro atoms. The lowest BCUT2D eigenvalue weighted by molar-refractivity contribution is -0.149. The van der Waals surface area contributed by atoms with Crippen LogP contribution in [0, 0.1) is 0 Å². The summed E-state index contributed by atoms with van der Waals surface area (Å²) in [4.78, 5) is 24.4. The summed E-state index contributed by atoms with van der Waals surface area (Å²) in [6.45, 7) is 0.318. The Labute approximate surface area is 191 Å². The van der Waals surface area contributed by atoms with Gasteiger partial charge in [0.1, 0.15) is 23.7 Å². The SMILES string of the molecule is COc1ccc(/C=C/C(=O)OC2COC3C(OC(=O)/C=C/c4ccc(O)cc4)COC23)cc1. The van der Waals surface area contributed by atoms with E-state index in [1.54, 1.807) is 43.5 Å². The number of esters is 2. The Hall–Kier alpha value is -3.62. The summed E-state index contributed by atoms with van der Waals surface area (Å²) in [5, 5.41) is 9.30. The molecular weight excluding hydrogens is 428 g/mol. The second-order valence-electron chi connectivity index (χ2n) is 7.58. The maximum Gasteiger partial charge on any atom is 0.331 e. The molecule has 2 fully saturated rings. The normalized spacial score (nSPS) is 24.2. The van der Waals surface area contributed by atoms with E-state index in [2.05, 4.69) is 0 Å². The summed E-state index contributed by atoms with van der Waals surface area (Å²) < 4.78 is 27.4. The minimum Gasteiger partial charge on any atom is -0.508 e. The van der Waals surface area contributed by atoms with E-state index in [9.17, 15) is 14.7 Å². The number of ether oxygens (including phenoxy) is 5. The summed E-state index contributed by atoms with van der Waals surface area (Å²) in [6, 6.07) is 13.7. The predicted octanol–water partition coefficient (Wildman–Crippen LogP) is 2.75. The topological polar surface area (TPSA) is 101 Å². The van der Waals surface area contributed by atoms with E-state index < -0.39 is 36.4 Å². The zero-order valence-electron chi connectivity index (χ0n) is 18.0. The number of phenols is 1. The maximum atomic E-state index is 12.2. The highest BCUT2D eigenvalue weighted by atomic mass is 16.7. The second-order valence-corrected chi connectivity index (χ2v) is 7.58. The lowest BCUT2D eigenvalue weighted by Crippen LogP contribution is -2.35. The van der Waals surface area contributed by atoms with Crippen LogP contribution in [0.2, 0.25) is 0 Å². The summed E-state index contributed by atoms with van der Waals surface area (Å²) in [6.07, 6.45) is 3.71. The number of phenolic OH excluding ortho intramolecular Hbond substituents is 1. The van der Waals surface area contributed by atoms with Gasteiger partial charge in [0.05, 0.1) is 20.3 Å². The molecule has 0 saturated carbocycles. The van der Waals surface area contributed by atoms with E-state index in [-0.39, 0.29) is 19.0 Å². The van der Waals surface area contributed by atoms with Crippen LogP contribution in [0.25, 0.3) is 12.2 Å². The van der Waals surface area contributed by atoms with Gasteiger partial charge < -0.3 is 28.8 Å². The fourth-order valence-electron chi connectivity index (χ4n) is 3.64. The number of carbonyl (C=O) groups is 2. The highest BCUT2D eigenvalue weighted by molar-refractivity contribution is 5.87. The average molecular weight is 452 g/mol. The van der Waals surface area contributed by atoms with Crippen LogP contribution in [0.1, 0.15) is 11.1 Å². The quantitative estimate of drug-likeness (QED) is 0.506. The molecule has 2 saturated heterocycles. The summed E-state index contributed by atoms with van der Waals surface area (Å²) in [7, 11) is 1.59. The van der Waals surface area contributed by atoms with Crippen LogP contribution in [-0.4, -0.2) is 61.8 Å². The Morgan fingerprint density at radius 1 is 0.818 bits per heavy atom. The van der Waals surface area contributed by atoms with Crippen LogP contribution in [-0.2, 0) is 28.5 Å².